The lowest BCUT2D eigenvalue weighted by Crippen LogP contribution is -2.04. The molecule has 1 aliphatic rings. The first-order valence-electron chi connectivity index (χ1n) is 8.09. The van der Waals surface area contributed by atoms with Gasteiger partial charge in [-0.2, -0.15) is 0 Å². The van der Waals surface area contributed by atoms with Gasteiger partial charge in [-0.25, -0.2) is 4.99 Å². The van der Waals surface area contributed by atoms with E-state index >= 15 is 0 Å². The van der Waals surface area contributed by atoms with Crippen molar-refractivity contribution in [2.24, 2.45) is 4.99 Å². The van der Waals surface area contributed by atoms with Gasteiger partial charge in [0.25, 0.3) is 0 Å². The van der Waals surface area contributed by atoms with Crippen molar-refractivity contribution in [1.82, 2.24) is 0 Å². The second-order valence-electron chi connectivity index (χ2n) is 5.64. The van der Waals surface area contributed by atoms with Crippen molar-refractivity contribution in [3.8, 4) is 0 Å². The largest absolute Gasteiger partial charge is 0.476 e. The van der Waals surface area contributed by atoms with Gasteiger partial charge in [0.1, 0.15) is 6.61 Å². The molecule has 0 saturated carbocycles. The molecule has 3 aromatic carbocycles. The zero-order valence-electron chi connectivity index (χ0n) is 13.3. The highest BCUT2D eigenvalue weighted by molar-refractivity contribution is 6.02. The van der Waals surface area contributed by atoms with Gasteiger partial charge in [0, 0.05) is 17.1 Å². The molecule has 0 fully saturated rings. The summed E-state index contributed by atoms with van der Waals surface area (Å²) >= 11 is 0. The molecular formula is C21H18N2O. The third-order valence-corrected chi connectivity index (χ3v) is 4.02. The van der Waals surface area contributed by atoms with Crippen molar-refractivity contribution in [3.05, 3.63) is 84.4 Å². The smallest absolute Gasteiger partial charge is 0.210 e. The van der Waals surface area contributed by atoms with Crippen LogP contribution in [-0.4, -0.2) is 19.0 Å². The highest BCUT2D eigenvalue weighted by Crippen LogP contribution is 2.27. The molecule has 3 aromatic rings. The number of rotatable bonds is 4. The minimum Gasteiger partial charge on any atom is -0.476 e. The summed E-state index contributed by atoms with van der Waals surface area (Å²) in [7, 11) is 0. The molecule has 118 valence electrons. The van der Waals surface area contributed by atoms with Crippen molar-refractivity contribution in [3.63, 3.8) is 0 Å². The lowest BCUT2D eigenvalue weighted by atomic mass is 10.1. The predicted octanol–water partition coefficient (Wildman–Crippen LogP) is 4.72. The molecule has 0 unspecified atom stereocenters. The van der Waals surface area contributed by atoms with Crippen LogP contribution in [0.4, 0.5) is 5.69 Å². The molecule has 0 aliphatic carbocycles. The average molecular weight is 314 g/mol. The van der Waals surface area contributed by atoms with E-state index in [1.165, 1.54) is 10.8 Å². The van der Waals surface area contributed by atoms with E-state index in [-0.39, 0.29) is 0 Å². The molecule has 1 aliphatic heterocycles. The molecule has 3 nitrogen and oxygen atoms in total. The van der Waals surface area contributed by atoms with Crippen LogP contribution in [0.3, 0.4) is 0 Å². The Hall–Kier alpha value is -3.07. The van der Waals surface area contributed by atoms with Crippen molar-refractivity contribution in [2.45, 2.75) is 0 Å². The predicted molar refractivity (Wildman–Crippen MR) is 100 cm³/mol. The van der Waals surface area contributed by atoms with E-state index in [1.807, 2.05) is 24.3 Å². The van der Waals surface area contributed by atoms with Gasteiger partial charge in [-0.1, -0.05) is 66.7 Å². The number of benzene rings is 3. The quantitative estimate of drug-likeness (QED) is 0.756. The zero-order valence-corrected chi connectivity index (χ0v) is 13.3. The molecule has 3 heteroatoms. The Balaban J connectivity index is 1.76. The molecule has 0 aromatic heterocycles. The summed E-state index contributed by atoms with van der Waals surface area (Å²) in [6.45, 7) is 1.38. The Morgan fingerprint density at radius 1 is 0.917 bits per heavy atom. The van der Waals surface area contributed by atoms with Crippen LogP contribution in [0.25, 0.3) is 16.5 Å². The summed E-state index contributed by atoms with van der Waals surface area (Å²) in [6, 6.07) is 24.9. The fourth-order valence-corrected chi connectivity index (χ4v) is 2.85. The number of fused-ring (bicyclic) bond motifs is 1. The molecule has 24 heavy (non-hydrogen) atoms. The second kappa shape index (κ2) is 6.59. The first-order chi connectivity index (χ1) is 11.9. The number of aliphatic imine (C=N–C) groups is 1. The summed E-state index contributed by atoms with van der Waals surface area (Å²) in [5, 5.41) is 5.97. The van der Waals surface area contributed by atoms with E-state index < -0.39 is 0 Å². The summed E-state index contributed by atoms with van der Waals surface area (Å²) < 4.78 is 5.56. The first-order valence-corrected chi connectivity index (χ1v) is 8.09. The Labute approximate surface area is 141 Å². The minimum absolute atomic E-state index is 0.655. The van der Waals surface area contributed by atoms with Crippen molar-refractivity contribution < 1.29 is 4.74 Å². The third-order valence-electron chi connectivity index (χ3n) is 4.02. The maximum atomic E-state index is 5.56. The lowest BCUT2D eigenvalue weighted by molar-refractivity contribution is 0.350. The maximum Gasteiger partial charge on any atom is 0.210 e. The van der Waals surface area contributed by atoms with E-state index in [0.29, 0.717) is 12.5 Å². The van der Waals surface area contributed by atoms with Crippen molar-refractivity contribution in [2.75, 3.05) is 18.5 Å². The van der Waals surface area contributed by atoms with E-state index in [9.17, 15) is 0 Å². The van der Waals surface area contributed by atoms with Crippen LogP contribution in [0.5, 0.6) is 0 Å². The monoisotopic (exact) mass is 314 g/mol. The van der Waals surface area contributed by atoms with Gasteiger partial charge in [0.05, 0.1) is 12.2 Å². The standard InChI is InChI=1S/C21H18N2O/c1-2-8-17(9-3-1)20(15-21-22-13-14-24-21)23-19-12-6-10-16-7-4-5-11-18(16)19/h1-12,15,23H,13-14H2. The Kier molecular flexibility index (Phi) is 3.98. The molecule has 0 bridgehead atoms. The topological polar surface area (TPSA) is 33.6 Å². The third kappa shape index (κ3) is 3.01. The van der Waals surface area contributed by atoms with Crippen LogP contribution >= 0.6 is 0 Å². The van der Waals surface area contributed by atoms with Crippen LogP contribution < -0.4 is 5.32 Å². The molecule has 0 amide bonds. The number of hydrogen-bond donors (Lipinski definition) is 1. The van der Waals surface area contributed by atoms with E-state index in [0.717, 1.165) is 23.5 Å². The summed E-state index contributed by atoms with van der Waals surface area (Å²) in [5.41, 5.74) is 3.15. The fourth-order valence-electron chi connectivity index (χ4n) is 2.85. The first kappa shape index (κ1) is 14.5. The van der Waals surface area contributed by atoms with Crippen molar-refractivity contribution >= 4 is 28.1 Å². The van der Waals surface area contributed by atoms with Crippen LogP contribution in [0.2, 0.25) is 0 Å². The number of hydrogen-bond acceptors (Lipinski definition) is 3. The van der Waals surface area contributed by atoms with Crippen LogP contribution in [0.15, 0.2) is 83.9 Å². The number of anilines is 1. The fraction of sp³-hybridized carbons (Fsp3) is 0.0952. The van der Waals surface area contributed by atoms with Gasteiger partial charge < -0.3 is 10.1 Å². The molecule has 0 saturated heterocycles. The van der Waals surface area contributed by atoms with Crippen molar-refractivity contribution in [1.29, 1.82) is 0 Å². The molecule has 0 radical (unpaired) electrons. The Morgan fingerprint density at radius 2 is 1.71 bits per heavy atom. The van der Waals surface area contributed by atoms with Gasteiger partial charge in [-0.15, -0.1) is 0 Å². The van der Waals surface area contributed by atoms with Gasteiger partial charge >= 0.3 is 0 Å². The molecule has 0 atom stereocenters. The molecule has 1 N–H and O–H groups in total. The summed E-state index contributed by atoms with van der Waals surface area (Å²) in [4.78, 5) is 4.38. The minimum atomic E-state index is 0.655. The number of ether oxygens (including phenoxy) is 1. The molecule has 4 rings (SSSR count). The molecule has 1 heterocycles. The van der Waals surface area contributed by atoms with Gasteiger partial charge in [-0.3, -0.25) is 0 Å². The molecular weight excluding hydrogens is 296 g/mol. The average Bonchev–Trinajstić information content (AvgIpc) is 3.15. The van der Waals surface area contributed by atoms with Crippen LogP contribution in [0.1, 0.15) is 5.56 Å². The maximum absolute atomic E-state index is 5.56. The van der Waals surface area contributed by atoms with E-state index in [4.69, 9.17) is 4.74 Å². The highest BCUT2D eigenvalue weighted by atomic mass is 16.5. The normalized spacial score (nSPS) is 14.3. The lowest BCUT2D eigenvalue weighted by Gasteiger charge is -2.14. The molecule has 0 spiro atoms. The number of nitrogens with one attached hydrogen (secondary N) is 1. The van der Waals surface area contributed by atoms with E-state index in [2.05, 4.69) is 64.9 Å². The van der Waals surface area contributed by atoms with E-state index in [1.54, 1.807) is 0 Å². The SMILES string of the molecule is C(=C(Nc1cccc2ccccc12)c1ccccc1)C1=NCCO1. The Morgan fingerprint density at radius 3 is 2.54 bits per heavy atom. The number of nitrogens with zero attached hydrogens (tertiary/aromatic N) is 1. The highest BCUT2D eigenvalue weighted by Gasteiger charge is 2.10. The summed E-state index contributed by atoms with van der Waals surface area (Å²) in [5.74, 6) is 0.682. The van der Waals surface area contributed by atoms with Gasteiger partial charge in [-0.05, 0) is 17.0 Å². The second-order valence-corrected chi connectivity index (χ2v) is 5.64. The Bertz CT molecular complexity index is 908. The van der Waals surface area contributed by atoms with Crippen LogP contribution in [-0.2, 0) is 4.74 Å². The van der Waals surface area contributed by atoms with Gasteiger partial charge in [0.15, 0.2) is 0 Å². The zero-order chi connectivity index (χ0) is 16.2. The summed E-state index contributed by atoms with van der Waals surface area (Å²) in [6.07, 6.45) is 1.98. The van der Waals surface area contributed by atoms with Crippen LogP contribution in [0, 0.1) is 0 Å². The van der Waals surface area contributed by atoms with Gasteiger partial charge in [0.2, 0.25) is 5.90 Å².